The SMILES string of the molecule is O=C(COC(=O)CNC(=O)c1ccc2ccccc2c1)Nc1ccc([N+](=O)[O-])c(C(F)(F)F)c1. The zero-order valence-electron chi connectivity index (χ0n) is 17.2. The van der Waals surface area contributed by atoms with E-state index in [4.69, 9.17) is 4.74 Å². The van der Waals surface area contributed by atoms with Crippen LogP contribution in [0.25, 0.3) is 10.8 Å². The van der Waals surface area contributed by atoms with Gasteiger partial charge >= 0.3 is 12.1 Å². The molecule has 176 valence electrons. The van der Waals surface area contributed by atoms with Crippen molar-refractivity contribution in [2.75, 3.05) is 18.5 Å². The minimum atomic E-state index is -5.02. The highest BCUT2D eigenvalue weighted by Gasteiger charge is 2.38. The molecule has 2 N–H and O–H groups in total. The Morgan fingerprint density at radius 3 is 2.35 bits per heavy atom. The molecule has 0 unspecified atom stereocenters. The maximum atomic E-state index is 13.0. The van der Waals surface area contributed by atoms with Gasteiger partial charge in [-0.2, -0.15) is 13.2 Å². The molecule has 3 aromatic carbocycles. The molecular formula is C22H16F3N3O6. The van der Waals surface area contributed by atoms with E-state index in [-0.39, 0.29) is 5.69 Å². The van der Waals surface area contributed by atoms with Gasteiger partial charge in [0.2, 0.25) is 0 Å². The van der Waals surface area contributed by atoms with E-state index in [0.717, 1.165) is 16.8 Å². The maximum Gasteiger partial charge on any atom is 0.423 e. The highest BCUT2D eigenvalue weighted by molar-refractivity contribution is 6.00. The fourth-order valence-corrected chi connectivity index (χ4v) is 2.98. The number of hydrogen-bond donors (Lipinski definition) is 2. The summed E-state index contributed by atoms with van der Waals surface area (Å²) in [5, 5.41) is 16.9. The molecule has 9 nitrogen and oxygen atoms in total. The van der Waals surface area contributed by atoms with Gasteiger partial charge in [0.1, 0.15) is 12.1 Å². The Bertz CT molecular complexity index is 1280. The lowest BCUT2D eigenvalue weighted by atomic mass is 10.1. The number of carbonyl (C=O) groups is 3. The van der Waals surface area contributed by atoms with E-state index in [0.29, 0.717) is 17.7 Å². The Hall–Kier alpha value is -4.48. The van der Waals surface area contributed by atoms with Gasteiger partial charge < -0.3 is 15.4 Å². The van der Waals surface area contributed by atoms with Gasteiger partial charge in [-0.1, -0.05) is 30.3 Å². The summed E-state index contributed by atoms with van der Waals surface area (Å²) < 4.78 is 43.7. The number of ether oxygens (including phenoxy) is 1. The van der Waals surface area contributed by atoms with Gasteiger partial charge in [-0.25, -0.2) is 0 Å². The summed E-state index contributed by atoms with van der Waals surface area (Å²) in [6, 6.07) is 14.2. The first kappa shape index (κ1) is 24.2. The van der Waals surface area contributed by atoms with Crippen LogP contribution in [0.5, 0.6) is 0 Å². The summed E-state index contributed by atoms with van der Waals surface area (Å²) in [5.41, 5.74) is -2.77. The van der Waals surface area contributed by atoms with Crippen LogP contribution < -0.4 is 10.6 Å². The number of rotatable bonds is 7. The van der Waals surface area contributed by atoms with Gasteiger partial charge in [0.25, 0.3) is 17.5 Å². The van der Waals surface area contributed by atoms with E-state index < -0.39 is 53.3 Å². The highest BCUT2D eigenvalue weighted by Crippen LogP contribution is 2.37. The number of halogens is 3. The van der Waals surface area contributed by atoms with Gasteiger partial charge in [-0.05, 0) is 35.0 Å². The molecule has 0 aliphatic heterocycles. The second-order valence-corrected chi connectivity index (χ2v) is 6.94. The van der Waals surface area contributed by atoms with Crippen molar-refractivity contribution in [3.63, 3.8) is 0 Å². The van der Waals surface area contributed by atoms with Crippen LogP contribution in [0.1, 0.15) is 15.9 Å². The van der Waals surface area contributed by atoms with Crippen molar-refractivity contribution in [2.24, 2.45) is 0 Å². The van der Waals surface area contributed by atoms with Crippen LogP contribution in [0.2, 0.25) is 0 Å². The first-order chi connectivity index (χ1) is 16.0. The highest BCUT2D eigenvalue weighted by atomic mass is 19.4. The van der Waals surface area contributed by atoms with Crippen molar-refractivity contribution in [3.8, 4) is 0 Å². The third-order valence-electron chi connectivity index (χ3n) is 4.55. The van der Waals surface area contributed by atoms with Crippen molar-refractivity contribution in [1.82, 2.24) is 5.32 Å². The Kier molecular flexibility index (Phi) is 7.09. The molecule has 0 fully saturated rings. The molecule has 0 saturated heterocycles. The van der Waals surface area contributed by atoms with Gasteiger partial charge in [0, 0.05) is 17.3 Å². The minimum absolute atomic E-state index is 0.308. The van der Waals surface area contributed by atoms with Crippen LogP contribution in [0, 0.1) is 10.1 Å². The first-order valence-corrected chi connectivity index (χ1v) is 9.62. The Balaban J connectivity index is 1.51. The molecule has 0 aliphatic carbocycles. The van der Waals surface area contributed by atoms with E-state index in [1.54, 1.807) is 18.2 Å². The zero-order chi connectivity index (χ0) is 24.9. The second kappa shape index (κ2) is 9.98. The van der Waals surface area contributed by atoms with Crippen LogP contribution in [0.3, 0.4) is 0 Å². The lowest BCUT2D eigenvalue weighted by Crippen LogP contribution is -2.32. The maximum absolute atomic E-state index is 13.0. The fraction of sp³-hybridized carbons (Fsp3) is 0.136. The van der Waals surface area contributed by atoms with Gasteiger partial charge in [-0.3, -0.25) is 24.5 Å². The Morgan fingerprint density at radius 1 is 0.971 bits per heavy atom. The van der Waals surface area contributed by atoms with E-state index in [9.17, 15) is 37.7 Å². The molecule has 12 heteroatoms. The van der Waals surface area contributed by atoms with Gasteiger partial charge in [-0.15, -0.1) is 0 Å². The number of alkyl halides is 3. The monoisotopic (exact) mass is 475 g/mol. The molecule has 0 spiro atoms. The average Bonchev–Trinajstić information content (AvgIpc) is 2.80. The molecule has 0 atom stereocenters. The molecule has 0 saturated carbocycles. The van der Waals surface area contributed by atoms with E-state index in [1.165, 1.54) is 0 Å². The largest absolute Gasteiger partial charge is 0.454 e. The third-order valence-corrected chi connectivity index (χ3v) is 4.55. The number of nitrogens with one attached hydrogen (secondary N) is 2. The van der Waals surface area contributed by atoms with E-state index in [2.05, 4.69) is 10.6 Å². The molecule has 0 radical (unpaired) electrons. The number of amides is 2. The molecule has 0 bridgehead atoms. The van der Waals surface area contributed by atoms with Crippen LogP contribution in [0.4, 0.5) is 24.5 Å². The zero-order valence-corrected chi connectivity index (χ0v) is 17.2. The van der Waals surface area contributed by atoms with Crippen molar-refractivity contribution in [1.29, 1.82) is 0 Å². The number of anilines is 1. The number of hydrogen-bond acceptors (Lipinski definition) is 6. The Morgan fingerprint density at radius 2 is 1.68 bits per heavy atom. The first-order valence-electron chi connectivity index (χ1n) is 9.62. The number of nitro groups is 1. The second-order valence-electron chi connectivity index (χ2n) is 6.94. The smallest absolute Gasteiger partial charge is 0.423 e. The van der Waals surface area contributed by atoms with Crippen LogP contribution in [-0.4, -0.2) is 35.9 Å². The number of benzene rings is 3. The molecule has 3 aromatic rings. The van der Waals surface area contributed by atoms with Crippen LogP contribution >= 0.6 is 0 Å². The summed E-state index contributed by atoms with van der Waals surface area (Å²) in [6.45, 7) is -1.39. The lowest BCUT2D eigenvalue weighted by Gasteiger charge is -2.11. The normalized spacial score (nSPS) is 11.0. The summed E-state index contributed by atoms with van der Waals surface area (Å²) in [5.74, 6) is -2.47. The molecule has 0 aromatic heterocycles. The van der Waals surface area contributed by atoms with Gasteiger partial charge in [0.15, 0.2) is 6.61 Å². The van der Waals surface area contributed by atoms with Gasteiger partial charge in [0.05, 0.1) is 4.92 Å². The quantitative estimate of drug-likeness (QED) is 0.305. The third kappa shape index (κ3) is 6.06. The average molecular weight is 475 g/mol. The fourth-order valence-electron chi connectivity index (χ4n) is 2.98. The molecule has 34 heavy (non-hydrogen) atoms. The van der Waals surface area contributed by atoms with Crippen molar-refractivity contribution < 1.29 is 37.2 Å². The summed E-state index contributed by atoms with van der Waals surface area (Å²) in [7, 11) is 0. The Labute approximate surface area is 189 Å². The number of nitro benzene ring substituents is 1. The van der Waals surface area contributed by atoms with E-state index >= 15 is 0 Å². The predicted octanol–water partition coefficient (Wildman–Crippen LogP) is 3.68. The van der Waals surface area contributed by atoms with Crippen molar-refractivity contribution >= 4 is 39.9 Å². The summed E-state index contributed by atoms with van der Waals surface area (Å²) in [6.07, 6.45) is -5.02. The summed E-state index contributed by atoms with van der Waals surface area (Å²) >= 11 is 0. The molecular weight excluding hydrogens is 459 g/mol. The van der Waals surface area contributed by atoms with E-state index in [1.807, 2.05) is 24.3 Å². The molecule has 0 heterocycles. The van der Waals surface area contributed by atoms with Crippen LogP contribution in [-0.2, 0) is 20.5 Å². The number of esters is 1. The topological polar surface area (TPSA) is 128 Å². The molecule has 3 rings (SSSR count). The standard InChI is InChI=1S/C22H16F3N3O6/c23-22(24,25)17-10-16(7-8-18(17)28(32)33)27-19(29)12-34-20(30)11-26-21(31)15-6-5-13-3-1-2-4-14(13)9-15/h1-10H,11-12H2,(H,26,31)(H,27,29). The predicted molar refractivity (Wildman–Crippen MR) is 114 cm³/mol. The lowest BCUT2D eigenvalue weighted by molar-refractivity contribution is -0.388. The summed E-state index contributed by atoms with van der Waals surface area (Å²) in [4.78, 5) is 45.5. The minimum Gasteiger partial charge on any atom is -0.454 e. The number of nitrogens with zero attached hydrogens (tertiary/aromatic N) is 1. The van der Waals surface area contributed by atoms with Crippen LogP contribution in [0.15, 0.2) is 60.7 Å². The molecule has 2 amide bonds. The van der Waals surface area contributed by atoms with Crippen molar-refractivity contribution in [3.05, 3.63) is 81.9 Å². The number of fused-ring (bicyclic) bond motifs is 1. The van der Waals surface area contributed by atoms with Crippen molar-refractivity contribution in [2.45, 2.75) is 6.18 Å². The molecule has 0 aliphatic rings. The number of carbonyl (C=O) groups excluding carboxylic acids is 3.